The van der Waals surface area contributed by atoms with Crippen LogP contribution in [0, 0.1) is 25.7 Å². The Labute approximate surface area is 162 Å². The number of benzene rings is 2. The maximum atomic E-state index is 12.5. The number of aryl methyl sites for hydroxylation is 4. The zero-order chi connectivity index (χ0) is 19.3. The topological polar surface area (TPSA) is 34.1 Å². The molecule has 0 saturated heterocycles. The second-order valence-electron chi connectivity index (χ2n) is 8.58. The Kier molecular flexibility index (Phi) is 4.53. The number of ketones is 2. The van der Waals surface area contributed by atoms with Crippen LogP contribution in [0.15, 0.2) is 24.3 Å². The van der Waals surface area contributed by atoms with Crippen molar-refractivity contribution in [3.05, 3.63) is 68.8 Å². The van der Waals surface area contributed by atoms with Gasteiger partial charge in [-0.2, -0.15) is 0 Å². The number of Topliss-reactive ketones (excluding diaryl/α,β-unsaturated/α-hetero) is 2. The second-order valence-corrected chi connectivity index (χ2v) is 8.58. The van der Waals surface area contributed by atoms with Crippen LogP contribution in [0.1, 0.15) is 74.4 Å². The first-order chi connectivity index (χ1) is 12.9. The molecule has 2 aliphatic carbocycles. The molecule has 0 heterocycles. The lowest BCUT2D eigenvalue weighted by atomic mass is 9.92. The fraction of sp³-hybridized carbons (Fsp3) is 0.440. The lowest BCUT2D eigenvalue weighted by molar-refractivity contribution is 0.0938. The summed E-state index contributed by atoms with van der Waals surface area (Å²) < 4.78 is 0. The monoisotopic (exact) mass is 360 g/mol. The molecule has 2 atom stereocenters. The van der Waals surface area contributed by atoms with Gasteiger partial charge in [0.15, 0.2) is 11.6 Å². The number of rotatable bonds is 4. The zero-order valence-electron chi connectivity index (χ0n) is 16.8. The predicted octanol–water partition coefficient (Wildman–Crippen LogP) is 5.23. The van der Waals surface area contributed by atoms with Gasteiger partial charge in [0.25, 0.3) is 0 Å². The summed E-state index contributed by atoms with van der Waals surface area (Å²) in [5.74, 6) is 0.863. The van der Waals surface area contributed by atoms with Gasteiger partial charge in [-0.05, 0) is 79.3 Å². The molecule has 0 N–H and O–H groups in total. The van der Waals surface area contributed by atoms with Gasteiger partial charge in [0, 0.05) is 23.0 Å². The van der Waals surface area contributed by atoms with Crippen molar-refractivity contribution >= 4 is 11.6 Å². The fourth-order valence-corrected chi connectivity index (χ4v) is 5.00. The van der Waals surface area contributed by atoms with E-state index in [2.05, 4.69) is 24.3 Å². The van der Waals surface area contributed by atoms with Gasteiger partial charge in [-0.15, -0.1) is 0 Å². The first-order valence-corrected chi connectivity index (χ1v) is 10.2. The van der Waals surface area contributed by atoms with Crippen LogP contribution in [-0.2, 0) is 25.7 Å². The van der Waals surface area contributed by atoms with Crippen molar-refractivity contribution in [2.24, 2.45) is 11.8 Å². The molecule has 27 heavy (non-hydrogen) atoms. The minimum atomic E-state index is 0.118. The van der Waals surface area contributed by atoms with Gasteiger partial charge < -0.3 is 0 Å². The van der Waals surface area contributed by atoms with Crippen LogP contribution < -0.4 is 0 Å². The van der Waals surface area contributed by atoms with E-state index in [1.54, 1.807) is 0 Å². The molecule has 140 valence electrons. The third-order valence-electron chi connectivity index (χ3n) is 6.54. The summed E-state index contributed by atoms with van der Waals surface area (Å²) in [4.78, 5) is 24.9. The number of fused-ring (bicyclic) bond motifs is 2. The van der Waals surface area contributed by atoms with E-state index in [9.17, 15) is 9.59 Å². The van der Waals surface area contributed by atoms with Gasteiger partial charge >= 0.3 is 0 Å². The Balaban J connectivity index is 1.53. The fourth-order valence-electron chi connectivity index (χ4n) is 5.00. The highest BCUT2D eigenvalue weighted by molar-refractivity contribution is 6.04. The van der Waals surface area contributed by atoms with E-state index in [1.807, 2.05) is 27.7 Å². The Morgan fingerprint density at radius 3 is 1.56 bits per heavy atom. The average Bonchev–Trinajstić information content (AvgIpc) is 3.10. The van der Waals surface area contributed by atoms with Gasteiger partial charge in [-0.25, -0.2) is 0 Å². The van der Waals surface area contributed by atoms with E-state index in [0.717, 1.165) is 54.4 Å². The molecule has 0 spiro atoms. The summed E-state index contributed by atoms with van der Waals surface area (Å²) in [5.41, 5.74) is 9.43. The molecule has 2 aromatic carbocycles. The molecule has 2 aromatic rings. The highest BCUT2D eigenvalue weighted by Crippen LogP contribution is 2.34. The van der Waals surface area contributed by atoms with Crippen LogP contribution in [0.4, 0.5) is 0 Å². The molecule has 0 aliphatic heterocycles. The molecule has 0 aromatic heterocycles. The third kappa shape index (κ3) is 2.96. The zero-order valence-corrected chi connectivity index (χ0v) is 16.8. The Bertz CT molecular complexity index is 874. The van der Waals surface area contributed by atoms with Gasteiger partial charge in [-0.3, -0.25) is 9.59 Å². The molecule has 2 unspecified atom stereocenters. The summed E-state index contributed by atoms with van der Waals surface area (Å²) in [6.45, 7) is 8.18. The molecule has 2 nitrogen and oxygen atoms in total. The van der Waals surface area contributed by atoms with E-state index < -0.39 is 0 Å². The van der Waals surface area contributed by atoms with E-state index in [0.29, 0.717) is 11.6 Å². The number of carbonyl (C=O) groups is 2. The highest BCUT2D eigenvalue weighted by Gasteiger charge is 2.31. The van der Waals surface area contributed by atoms with Crippen molar-refractivity contribution < 1.29 is 9.59 Å². The minimum Gasteiger partial charge on any atom is -0.294 e. The van der Waals surface area contributed by atoms with E-state index >= 15 is 0 Å². The van der Waals surface area contributed by atoms with Gasteiger partial charge in [0.2, 0.25) is 0 Å². The molecule has 0 saturated carbocycles. The number of hydrogen-bond donors (Lipinski definition) is 0. The van der Waals surface area contributed by atoms with E-state index in [4.69, 9.17) is 0 Å². The van der Waals surface area contributed by atoms with Gasteiger partial charge in [0.05, 0.1) is 0 Å². The molecular weight excluding hydrogens is 332 g/mol. The first kappa shape index (κ1) is 18.2. The molecular formula is C25H28O2. The molecule has 2 aliphatic rings. The molecule has 0 amide bonds. The quantitative estimate of drug-likeness (QED) is 0.748. The summed E-state index contributed by atoms with van der Waals surface area (Å²) in [5, 5.41) is 0. The summed E-state index contributed by atoms with van der Waals surface area (Å²) in [7, 11) is 0. The average molecular weight is 360 g/mol. The molecule has 0 bridgehead atoms. The molecule has 0 fully saturated rings. The number of hydrogen-bond acceptors (Lipinski definition) is 2. The highest BCUT2D eigenvalue weighted by atomic mass is 16.1. The van der Waals surface area contributed by atoms with Gasteiger partial charge in [-0.1, -0.05) is 38.1 Å². The van der Waals surface area contributed by atoms with Gasteiger partial charge in [0.1, 0.15) is 0 Å². The van der Waals surface area contributed by atoms with Crippen LogP contribution in [-0.4, -0.2) is 11.6 Å². The SMILES string of the molecule is Cc1ccc(CCCc2ccc(C)c3c2CC(C)C3=O)c2c1C(=O)C(C)C2. The van der Waals surface area contributed by atoms with Crippen LogP contribution >= 0.6 is 0 Å². The molecule has 2 heteroatoms. The maximum absolute atomic E-state index is 12.5. The summed E-state index contributed by atoms with van der Waals surface area (Å²) in [6, 6.07) is 8.64. The number of carbonyl (C=O) groups excluding carboxylic acids is 2. The smallest absolute Gasteiger partial charge is 0.166 e. The summed E-state index contributed by atoms with van der Waals surface area (Å²) >= 11 is 0. The Morgan fingerprint density at radius 1 is 0.741 bits per heavy atom. The predicted molar refractivity (Wildman–Crippen MR) is 109 cm³/mol. The van der Waals surface area contributed by atoms with Crippen LogP contribution in [0.5, 0.6) is 0 Å². The lowest BCUT2D eigenvalue weighted by Crippen LogP contribution is -2.04. The van der Waals surface area contributed by atoms with Crippen LogP contribution in [0.2, 0.25) is 0 Å². The summed E-state index contributed by atoms with van der Waals surface area (Å²) in [6.07, 6.45) is 4.81. The van der Waals surface area contributed by atoms with Crippen molar-refractivity contribution in [1.82, 2.24) is 0 Å². The second kappa shape index (κ2) is 6.74. The van der Waals surface area contributed by atoms with E-state index in [1.165, 1.54) is 22.3 Å². The largest absolute Gasteiger partial charge is 0.294 e. The maximum Gasteiger partial charge on any atom is 0.166 e. The molecule has 4 rings (SSSR count). The Morgan fingerprint density at radius 2 is 1.15 bits per heavy atom. The Hall–Kier alpha value is -2.22. The van der Waals surface area contributed by atoms with Crippen LogP contribution in [0.3, 0.4) is 0 Å². The lowest BCUT2D eigenvalue weighted by Gasteiger charge is -2.12. The van der Waals surface area contributed by atoms with E-state index in [-0.39, 0.29) is 11.8 Å². The van der Waals surface area contributed by atoms with Crippen molar-refractivity contribution in [2.75, 3.05) is 0 Å². The van der Waals surface area contributed by atoms with Crippen molar-refractivity contribution in [3.8, 4) is 0 Å². The standard InChI is InChI=1S/C25H28O2/c1-14-8-10-18(20-12-16(3)24(26)22(14)20)6-5-7-19-11-9-15(2)23-21(19)13-17(4)25(23)27/h8-11,16-17H,5-7,12-13H2,1-4H3. The first-order valence-electron chi connectivity index (χ1n) is 10.2. The minimum absolute atomic E-state index is 0.118. The van der Waals surface area contributed by atoms with Crippen molar-refractivity contribution in [1.29, 1.82) is 0 Å². The normalized spacial score (nSPS) is 20.9. The molecule has 0 radical (unpaired) electrons. The van der Waals surface area contributed by atoms with Crippen molar-refractivity contribution in [2.45, 2.75) is 59.8 Å². The van der Waals surface area contributed by atoms with Crippen molar-refractivity contribution in [3.63, 3.8) is 0 Å². The third-order valence-corrected chi connectivity index (χ3v) is 6.54. The van der Waals surface area contributed by atoms with Crippen LogP contribution in [0.25, 0.3) is 0 Å².